The Morgan fingerprint density at radius 1 is 1.00 bits per heavy atom. The molecule has 0 fully saturated rings. The number of nitrogens with two attached hydrogens (primary N) is 1. The van der Waals surface area contributed by atoms with Gasteiger partial charge in [-0.2, -0.15) is 0 Å². The maximum Gasteiger partial charge on any atom is 0.179 e. The van der Waals surface area contributed by atoms with Crippen LogP contribution in [0.2, 0.25) is 0 Å². The summed E-state index contributed by atoms with van der Waals surface area (Å²) in [6.45, 7) is 3.94. The minimum absolute atomic E-state index is 0.0766. The molecule has 0 aliphatic rings. The molecule has 0 saturated heterocycles. The van der Waals surface area contributed by atoms with E-state index < -0.39 is 0 Å². The molecule has 0 bridgehead atoms. The fraction of sp³-hybridized carbons (Fsp3) is 0.235. The van der Waals surface area contributed by atoms with Crippen LogP contribution in [0.1, 0.15) is 35.8 Å². The zero-order valence-electron chi connectivity index (χ0n) is 11.8. The summed E-state index contributed by atoms with van der Waals surface area (Å²) in [6.07, 6.45) is 0. The van der Waals surface area contributed by atoms with Crippen LogP contribution in [0.5, 0.6) is 0 Å². The number of hydrogen-bond acceptors (Lipinski definition) is 3. The third kappa shape index (κ3) is 3.45. The van der Waals surface area contributed by atoms with Gasteiger partial charge in [-0.25, -0.2) is 0 Å². The average Bonchev–Trinajstić information content (AvgIpc) is 2.48. The van der Waals surface area contributed by atoms with Crippen LogP contribution in [-0.4, -0.2) is 11.8 Å². The Balaban J connectivity index is 2.02. The normalized spacial score (nSPS) is 13.7. The quantitative estimate of drug-likeness (QED) is 0.647. The topological polar surface area (TPSA) is 55.1 Å². The first-order chi connectivity index (χ1) is 9.58. The number of carbonyl (C=O) groups is 1. The summed E-state index contributed by atoms with van der Waals surface area (Å²) in [4.78, 5) is 12.3. The van der Waals surface area contributed by atoms with Crippen molar-refractivity contribution in [2.75, 3.05) is 5.73 Å². The molecule has 2 aromatic carbocycles. The molecule has 0 heterocycles. The fourth-order valence-electron chi connectivity index (χ4n) is 2.19. The molecule has 3 nitrogen and oxygen atoms in total. The van der Waals surface area contributed by atoms with Crippen LogP contribution < -0.4 is 11.1 Å². The number of nitrogens with one attached hydrogen (secondary N) is 1. The van der Waals surface area contributed by atoms with Crippen molar-refractivity contribution >= 4 is 11.5 Å². The number of benzene rings is 2. The second-order valence-corrected chi connectivity index (χ2v) is 5.01. The Kier molecular flexibility index (Phi) is 4.53. The molecule has 0 spiro atoms. The van der Waals surface area contributed by atoms with Crippen LogP contribution >= 0.6 is 0 Å². The van der Waals surface area contributed by atoms with E-state index in [0.29, 0.717) is 11.3 Å². The molecule has 0 aliphatic heterocycles. The van der Waals surface area contributed by atoms with Gasteiger partial charge < -0.3 is 11.1 Å². The number of rotatable bonds is 5. The van der Waals surface area contributed by atoms with Gasteiger partial charge in [-0.05, 0) is 43.7 Å². The van der Waals surface area contributed by atoms with Gasteiger partial charge in [0.15, 0.2) is 5.78 Å². The highest BCUT2D eigenvalue weighted by molar-refractivity contribution is 6.00. The van der Waals surface area contributed by atoms with Crippen LogP contribution in [-0.2, 0) is 0 Å². The Morgan fingerprint density at radius 3 is 2.20 bits per heavy atom. The first kappa shape index (κ1) is 14.3. The molecule has 0 amide bonds. The Morgan fingerprint density at radius 2 is 1.60 bits per heavy atom. The van der Waals surface area contributed by atoms with Crippen LogP contribution in [0.3, 0.4) is 0 Å². The van der Waals surface area contributed by atoms with E-state index in [1.165, 1.54) is 5.56 Å². The lowest BCUT2D eigenvalue weighted by Gasteiger charge is -2.19. The molecular formula is C17H20N2O. The highest BCUT2D eigenvalue weighted by Crippen LogP contribution is 2.14. The summed E-state index contributed by atoms with van der Waals surface area (Å²) in [6, 6.07) is 17.0. The SMILES string of the molecule is CC(NC(C)c1ccccc1)C(=O)c1ccc(N)cc1. The van der Waals surface area contributed by atoms with E-state index in [4.69, 9.17) is 5.73 Å². The van der Waals surface area contributed by atoms with Crippen LogP contribution in [0.4, 0.5) is 5.69 Å². The molecule has 0 aliphatic carbocycles. The predicted molar refractivity (Wildman–Crippen MR) is 82.6 cm³/mol. The molecule has 3 heteroatoms. The van der Waals surface area contributed by atoms with Crippen LogP contribution in [0, 0.1) is 0 Å². The monoisotopic (exact) mass is 268 g/mol. The molecular weight excluding hydrogens is 248 g/mol. The van der Waals surface area contributed by atoms with E-state index in [1.54, 1.807) is 24.3 Å². The smallest absolute Gasteiger partial charge is 0.179 e. The van der Waals surface area contributed by atoms with Gasteiger partial charge in [0, 0.05) is 17.3 Å². The average molecular weight is 268 g/mol. The molecule has 20 heavy (non-hydrogen) atoms. The number of Topliss-reactive ketones (excluding diaryl/α,β-unsaturated/α-hetero) is 1. The first-order valence-electron chi connectivity index (χ1n) is 6.78. The highest BCUT2D eigenvalue weighted by atomic mass is 16.1. The molecule has 104 valence electrons. The van der Waals surface area contributed by atoms with Gasteiger partial charge in [0.1, 0.15) is 0 Å². The van der Waals surface area contributed by atoms with Gasteiger partial charge in [0.25, 0.3) is 0 Å². The number of ketones is 1. The summed E-state index contributed by atoms with van der Waals surface area (Å²) in [7, 11) is 0. The van der Waals surface area contributed by atoms with E-state index in [0.717, 1.165) is 0 Å². The van der Waals surface area contributed by atoms with Crippen molar-refractivity contribution in [3.8, 4) is 0 Å². The van der Waals surface area contributed by atoms with Crippen molar-refractivity contribution in [3.63, 3.8) is 0 Å². The molecule has 0 aromatic heterocycles. The summed E-state index contributed by atoms with van der Waals surface area (Å²) >= 11 is 0. The molecule has 0 saturated carbocycles. The molecule has 0 radical (unpaired) electrons. The lowest BCUT2D eigenvalue weighted by atomic mass is 10.0. The summed E-state index contributed by atoms with van der Waals surface area (Å²) in [5.74, 6) is 0.0766. The van der Waals surface area contributed by atoms with E-state index in [9.17, 15) is 4.79 Å². The number of carbonyl (C=O) groups excluding carboxylic acids is 1. The maximum atomic E-state index is 12.3. The van der Waals surface area contributed by atoms with Gasteiger partial charge in [-0.3, -0.25) is 4.79 Å². The summed E-state index contributed by atoms with van der Waals surface area (Å²) in [5.41, 5.74) is 8.15. The zero-order valence-corrected chi connectivity index (χ0v) is 11.8. The minimum Gasteiger partial charge on any atom is -0.399 e. The minimum atomic E-state index is -0.242. The van der Waals surface area contributed by atoms with Gasteiger partial charge in [-0.15, -0.1) is 0 Å². The molecule has 3 N–H and O–H groups in total. The van der Waals surface area contributed by atoms with Crippen molar-refractivity contribution < 1.29 is 4.79 Å². The van der Waals surface area contributed by atoms with Crippen molar-refractivity contribution in [2.24, 2.45) is 0 Å². The van der Waals surface area contributed by atoms with Crippen molar-refractivity contribution in [2.45, 2.75) is 25.9 Å². The number of anilines is 1. The molecule has 2 aromatic rings. The number of nitrogen functional groups attached to an aromatic ring is 1. The Labute approximate surface area is 119 Å². The van der Waals surface area contributed by atoms with E-state index >= 15 is 0 Å². The maximum absolute atomic E-state index is 12.3. The zero-order chi connectivity index (χ0) is 14.5. The second kappa shape index (κ2) is 6.35. The van der Waals surface area contributed by atoms with Crippen LogP contribution in [0.15, 0.2) is 54.6 Å². The second-order valence-electron chi connectivity index (χ2n) is 5.01. The lowest BCUT2D eigenvalue weighted by Crippen LogP contribution is -2.35. The standard InChI is InChI=1S/C17H20N2O/c1-12(14-6-4-3-5-7-14)19-13(2)17(20)15-8-10-16(18)11-9-15/h3-13,19H,18H2,1-2H3. The highest BCUT2D eigenvalue weighted by Gasteiger charge is 2.17. The van der Waals surface area contributed by atoms with E-state index in [-0.39, 0.29) is 17.9 Å². The van der Waals surface area contributed by atoms with Crippen molar-refractivity contribution in [3.05, 3.63) is 65.7 Å². The van der Waals surface area contributed by atoms with Gasteiger partial charge >= 0.3 is 0 Å². The largest absolute Gasteiger partial charge is 0.399 e. The molecule has 2 unspecified atom stereocenters. The van der Waals surface area contributed by atoms with Crippen LogP contribution in [0.25, 0.3) is 0 Å². The van der Waals surface area contributed by atoms with Gasteiger partial charge in [0.2, 0.25) is 0 Å². The van der Waals surface area contributed by atoms with Gasteiger partial charge in [0.05, 0.1) is 6.04 Å². The summed E-state index contributed by atoms with van der Waals surface area (Å²) in [5, 5.41) is 3.33. The van der Waals surface area contributed by atoms with Gasteiger partial charge in [-0.1, -0.05) is 30.3 Å². The lowest BCUT2D eigenvalue weighted by molar-refractivity contribution is 0.0945. The first-order valence-corrected chi connectivity index (χ1v) is 6.78. The third-order valence-electron chi connectivity index (χ3n) is 3.39. The Hall–Kier alpha value is -2.13. The van der Waals surface area contributed by atoms with E-state index in [2.05, 4.69) is 24.4 Å². The number of hydrogen-bond donors (Lipinski definition) is 2. The van der Waals surface area contributed by atoms with Crippen molar-refractivity contribution in [1.82, 2.24) is 5.32 Å². The molecule has 2 atom stereocenters. The molecule has 2 rings (SSSR count). The predicted octanol–water partition coefficient (Wildman–Crippen LogP) is 3.19. The van der Waals surface area contributed by atoms with Crippen molar-refractivity contribution in [1.29, 1.82) is 0 Å². The Bertz CT molecular complexity index is 563. The third-order valence-corrected chi connectivity index (χ3v) is 3.39. The summed E-state index contributed by atoms with van der Waals surface area (Å²) < 4.78 is 0. The fourth-order valence-corrected chi connectivity index (χ4v) is 2.19. The van der Waals surface area contributed by atoms with E-state index in [1.807, 2.05) is 25.1 Å².